The van der Waals surface area contributed by atoms with Crippen molar-refractivity contribution < 1.29 is 18.7 Å². The van der Waals surface area contributed by atoms with Gasteiger partial charge in [-0.05, 0) is 19.5 Å². The van der Waals surface area contributed by atoms with E-state index in [1.165, 1.54) is 12.1 Å². The van der Waals surface area contributed by atoms with E-state index in [4.69, 9.17) is 5.11 Å². The summed E-state index contributed by atoms with van der Waals surface area (Å²) in [6.45, 7) is 1.99. The van der Waals surface area contributed by atoms with Gasteiger partial charge in [0, 0.05) is 12.1 Å². The summed E-state index contributed by atoms with van der Waals surface area (Å²) in [7, 11) is 1.68. The van der Waals surface area contributed by atoms with Crippen LogP contribution >= 0.6 is 0 Å². The first-order chi connectivity index (χ1) is 7.91. The van der Waals surface area contributed by atoms with E-state index in [1.54, 1.807) is 31.0 Å². The lowest BCUT2D eigenvalue weighted by Crippen LogP contribution is -2.35. The lowest BCUT2D eigenvalue weighted by molar-refractivity contribution is -0.142. The molecule has 0 fully saturated rings. The van der Waals surface area contributed by atoms with Crippen molar-refractivity contribution in [3.63, 3.8) is 0 Å². The predicted octanol–water partition coefficient (Wildman–Crippen LogP) is 2.53. The van der Waals surface area contributed by atoms with Crippen LogP contribution in [-0.4, -0.2) is 29.1 Å². The van der Waals surface area contributed by atoms with E-state index in [-0.39, 0.29) is 5.56 Å². The molecule has 0 saturated carbocycles. The summed E-state index contributed by atoms with van der Waals surface area (Å²) >= 11 is 0. The number of nitrogens with zero attached hydrogens (tertiary/aromatic N) is 1. The van der Waals surface area contributed by atoms with Gasteiger partial charge < -0.3 is 5.11 Å². The molecule has 0 aliphatic rings. The summed E-state index contributed by atoms with van der Waals surface area (Å²) in [6.07, 6.45) is -2.47. The third-order valence-corrected chi connectivity index (χ3v) is 2.68. The van der Waals surface area contributed by atoms with Gasteiger partial charge in [0.05, 0.1) is 0 Å². The van der Waals surface area contributed by atoms with Crippen molar-refractivity contribution in [2.75, 3.05) is 7.05 Å². The second kappa shape index (κ2) is 5.72. The number of hydrogen-bond donors (Lipinski definition) is 1. The fourth-order valence-corrected chi connectivity index (χ4v) is 1.38. The summed E-state index contributed by atoms with van der Waals surface area (Å²) in [5, 5.41) is 8.81. The minimum absolute atomic E-state index is 0.0253. The number of benzene rings is 1. The van der Waals surface area contributed by atoms with E-state index >= 15 is 0 Å². The van der Waals surface area contributed by atoms with Crippen molar-refractivity contribution in [3.05, 3.63) is 35.4 Å². The largest absolute Gasteiger partial charge is 0.480 e. The number of aliphatic carboxylic acids is 1. The second-order valence-electron chi connectivity index (χ2n) is 3.97. The highest BCUT2D eigenvalue weighted by Crippen LogP contribution is 2.19. The molecular weight excluding hydrogens is 228 g/mol. The quantitative estimate of drug-likeness (QED) is 0.863. The van der Waals surface area contributed by atoms with Gasteiger partial charge in [-0.2, -0.15) is 0 Å². The summed E-state index contributed by atoms with van der Waals surface area (Å²) in [6, 6.07) is 5.29. The Morgan fingerprint density at radius 3 is 2.29 bits per heavy atom. The molecule has 17 heavy (non-hydrogen) atoms. The Morgan fingerprint density at radius 1 is 1.35 bits per heavy atom. The molecule has 0 aromatic heterocycles. The Hall–Kier alpha value is -1.49. The van der Waals surface area contributed by atoms with Gasteiger partial charge >= 0.3 is 5.97 Å². The van der Waals surface area contributed by atoms with Crippen LogP contribution in [0.5, 0.6) is 0 Å². The predicted molar refractivity (Wildman–Crippen MR) is 60.0 cm³/mol. The molecule has 1 atom stereocenters. The zero-order chi connectivity index (χ0) is 13.0. The van der Waals surface area contributed by atoms with Crippen molar-refractivity contribution in [2.45, 2.75) is 25.9 Å². The SMILES string of the molecule is CC(C(=O)O)N(C)Cc1ccc(C(F)F)cc1. The van der Waals surface area contributed by atoms with Crippen LogP contribution in [0.3, 0.4) is 0 Å². The summed E-state index contributed by atoms with van der Waals surface area (Å²) in [5.41, 5.74) is 0.785. The molecule has 0 saturated heterocycles. The number of likely N-dealkylation sites (N-methyl/N-ethyl adjacent to an activating group) is 1. The molecule has 0 aliphatic heterocycles. The number of hydrogen-bond acceptors (Lipinski definition) is 2. The van der Waals surface area contributed by atoms with Crippen LogP contribution in [0.4, 0.5) is 8.78 Å². The Morgan fingerprint density at radius 2 is 1.88 bits per heavy atom. The van der Waals surface area contributed by atoms with Crippen molar-refractivity contribution >= 4 is 5.97 Å². The van der Waals surface area contributed by atoms with Crippen LogP contribution in [-0.2, 0) is 11.3 Å². The smallest absolute Gasteiger partial charge is 0.320 e. The maximum Gasteiger partial charge on any atom is 0.320 e. The Balaban J connectivity index is 2.66. The third-order valence-electron chi connectivity index (χ3n) is 2.68. The van der Waals surface area contributed by atoms with Gasteiger partial charge in [0.2, 0.25) is 0 Å². The van der Waals surface area contributed by atoms with Gasteiger partial charge in [-0.25, -0.2) is 8.78 Å². The van der Waals surface area contributed by atoms with Crippen LogP contribution in [0, 0.1) is 0 Å². The van der Waals surface area contributed by atoms with E-state index < -0.39 is 18.4 Å². The summed E-state index contributed by atoms with van der Waals surface area (Å²) in [4.78, 5) is 12.4. The van der Waals surface area contributed by atoms with Crippen LogP contribution in [0.1, 0.15) is 24.5 Å². The first kappa shape index (κ1) is 13.6. The van der Waals surface area contributed by atoms with Gasteiger partial charge in [0.1, 0.15) is 6.04 Å². The summed E-state index contributed by atoms with van der Waals surface area (Å²) in [5.74, 6) is -0.906. The lowest BCUT2D eigenvalue weighted by atomic mass is 10.1. The van der Waals surface area contributed by atoms with E-state index in [0.717, 1.165) is 5.56 Å². The lowest BCUT2D eigenvalue weighted by Gasteiger charge is -2.21. The fraction of sp³-hybridized carbons (Fsp3) is 0.417. The van der Waals surface area contributed by atoms with Gasteiger partial charge in [0.15, 0.2) is 0 Å². The monoisotopic (exact) mass is 243 g/mol. The molecule has 1 rings (SSSR count). The Kier molecular flexibility index (Phi) is 4.57. The second-order valence-corrected chi connectivity index (χ2v) is 3.97. The molecule has 1 N–H and O–H groups in total. The van der Waals surface area contributed by atoms with Crippen LogP contribution in [0.2, 0.25) is 0 Å². The van der Waals surface area contributed by atoms with Crippen molar-refractivity contribution in [3.8, 4) is 0 Å². The third kappa shape index (κ3) is 3.78. The molecular formula is C12H15F2NO2. The molecule has 0 amide bonds. The van der Waals surface area contributed by atoms with Gasteiger partial charge in [0.25, 0.3) is 6.43 Å². The molecule has 1 aromatic rings. The number of alkyl halides is 2. The molecule has 0 bridgehead atoms. The topological polar surface area (TPSA) is 40.5 Å². The normalized spacial score (nSPS) is 13.1. The average molecular weight is 243 g/mol. The highest BCUT2D eigenvalue weighted by atomic mass is 19.3. The van der Waals surface area contributed by atoms with E-state index in [1.807, 2.05) is 0 Å². The molecule has 1 aromatic carbocycles. The number of carboxylic acids is 1. The number of rotatable bonds is 5. The zero-order valence-electron chi connectivity index (χ0n) is 9.73. The van der Waals surface area contributed by atoms with Gasteiger partial charge in [-0.15, -0.1) is 0 Å². The molecule has 0 radical (unpaired) electrons. The molecule has 0 heterocycles. The van der Waals surface area contributed by atoms with Crippen molar-refractivity contribution in [2.24, 2.45) is 0 Å². The van der Waals surface area contributed by atoms with Gasteiger partial charge in [-0.3, -0.25) is 9.69 Å². The highest BCUT2D eigenvalue weighted by molar-refractivity contribution is 5.72. The number of carbonyl (C=O) groups is 1. The zero-order valence-corrected chi connectivity index (χ0v) is 9.73. The van der Waals surface area contributed by atoms with Gasteiger partial charge in [-0.1, -0.05) is 24.3 Å². The Bertz CT molecular complexity index is 379. The number of carboxylic acid groups (broad SMARTS) is 1. The minimum Gasteiger partial charge on any atom is -0.480 e. The van der Waals surface area contributed by atoms with Crippen LogP contribution in [0.25, 0.3) is 0 Å². The molecule has 94 valence electrons. The maximum absolute atomic E-state index is 12.3. The molecule has 0 aliphatic carbocycles. The number of halogens is 2. The highest BCUT2D eigenvalue weighted by Gasteiger charge is 2.16. The molecule has 5 heteroatoms. The van der Waals surface area contributed by atoms with E-state index in [9.17, 15) is 13.6 Å². The van der Waals surface area contributed by atoms with E-state index in [2.05, 4.69) is 0 Å². The fourth-order valence-electron chi connectivity index (χ4n) is 1.38. The van der Waals surface area contributed by atoms with Crippen LogP contribution < -0.4 is 0 Å². The Labute approximate surface area is 98.7 Å². The molecule has 1 unspecified atom stereocenters. The first-order valence-electron chi connectivity index (χ1n) is 5.22. The summed E-state index contributed by atoms with van der Waals surface area (Å²) < 4.78 is 24.6. The average Bonchev–Trinajstić information content (AvgIpc) is 2.28. The maximum atomic E-state index is 12.3. The van der Waals surface area contributed by atoms with Crippen molar-refractivity contribution in [1.29, 1.82) is 0 Å². The standard InChI is InChI=1S/C12H15F2NO2/c1-8(12(16)17)15(2)7-9-3-5-10(6-4-9)11(13)14/h3-6,8,11H,7H2,1-2H3,(H,16,17). The van der Waals surface area contributed by atoms with Crippen molar-refractivity contribution in [1.82, 2.24) is 4.90 Å². The molecule has 3 nitrogen and oxygen atoms in total. The first-order valence-corrected chi connectivity index (χ1v) is 5.22. The van der Waals surface area contributed by atoms with E-state index in [0.29, 0.717) is 6.54 Å². The minimum atomic E-state index is -2.47. The van der Waals surface area contributed by atoms with Crippen LogP contribution in [0.15, 0.2) is 24.3 Å². The molecule has 0 spiro atoms.